The molecule has 0 radical (unpaired) electrons. The van der Waals surface area contributed by atoms with Gasteiger partial charge in [-0.1, -0.05) is 24.3 Å². The fraction of sp³-hybridized carbons (Fsp3) is 0.294. The van der Waals surface area contributed by atoms with Crippen molar-refractivity contribution >= 4 is 11.4 Å². The average Bonchev–Trinajstić information content (AvgIpc) is 2.49. The van der Waals surface area contributed by atoms with E-state index in [1.807, 2.05) is 76.7 Å². The molecule has 0 saturated heterocycles. The quantitative estimate of drug-likeness (QED) is 0.829. The Morgan fingerprint density at radius 1 is 0.714 bits per heavy atom. The SMILES string of the molecule is CN(C)c1ccc(C(NO)c2ccc(N(C)C)cc2)cc1. The molecule has 0 atom stereocenters. The molecule has 0 unspecified atom stereocenters. The Morgan fingerprint density at radius 2 is 1.05 bits per heavy atom. The highest BCUT2D eigenvalue weighted by molar-refractivity contribution is 5.50. The van der Waals surface area contributed by atoms with Crippen LogP contribution in [0.25, 0.3) is 0 Å². The summed E-state index contributed by atoms with van der Waals surface area (Å²) in [4.78, 5) is 4.11. The molecule has 2 rings (SSSR count). The maximum Gasteiger partial charge on any atom is 0.0819 e. The summed E-state index contributed by atoms with van der Waals surface area (Å²) in [6.45, 7) is 0. The zero-order valence-corrected chi connectivity index (χ0v) is 13.0. The van der Waals surface area contributed by atoms with Crippen molar-refractivity contribution in [3.05, 3.63) is 59.7 Å². The third-order valence-electron chi connectivity index (χ3n) is 3.61. The Kier molecular flexibility index (Phi) is 4.83. The molecule has 0 bridgehead atoms. The van der Waals surface area contributed by atoms with Crippen molar-refractivity contribution in [1.82, 2.24) is 5.48 Å². The summed E-state index contributed by atoms with van der Waals surface area (Å²) < 4.78 is 0. The van der Waals surface area contributed by atoms with Crippen LogP contribution in [-0.4, -0.2) is 33.4 Å². The van der Waals surface area contributed by atoms with Gasteiger partial charge in [0.2, 0.25) is 0 Å². The van der Waals surface area contributed by atoms with E-state index in [2.05, 4.69) is 15.3 Å². The Morgan fingerprint density at radius 3 is 1.29 bits per heavy atom. The first kappa shape index (κ1) is 15.4. The fourth-order valence-corrected chi connectivity index (χ4v) is 2.27. The summed E-state index contributed by atoms with van der Waals surface area (Å²) in [6, 6.07) is 16.1. The molecule has 0 aromatic heterocycles. The van der Waals surface area contributed by atoms with Gasteiger partial charge in [-0.15, -0.1) is 0 Å². The van der Waals surface area contributed by atoms with Crippen LogP contribution < -0.4 is 15.3 Å². The van der Waals surface area contributed by atoms with Gasteiger partial charge in [0.25, 0.3) is 0 Å². The van der Waals surface area contributed by atoms with Gasteiger partial charge in [-0.05, 0) is 35.4 Å². The van der Waals surface area contributed by atoms with Crippen molar-refractivity contribution in [2.24, 2.45) is 0 Å². The summed E-state index contributed by atoms with van der Waals surface area (Å²) in [6.07, 6.45) is 0. The molecule has 0 aliphatic carbocycles. The highest BCUT2D eigenvalue weighted by Gasteiger charge is 2.13. The van der Waals surface area contributed by atoms with Crippen molar-refractivity contribution in [3.63, 3.8) is 0 Å². The van der Waals surface area contributed by atoms with Crippen molar-refractivity contribution < 1.29 is 5.21 Å². The molecule has 2 N–H and O–H groups in total. The molecule has 2 aromatic rings. The van der Waals surface area contributed by atoms with Gasteiger partial charge in [-0.2, -0.15) is 5.48 Å². The van der Waals surface area contributed by atoms with E-state index in [0.717, 1.165) is 22.5 Å². The first-order valence-corrected chi connectivity index (χ1v) is 6.97. The Bertz CT molecular complexity index is 510. The zero-order chi connectivity index (χ0) is 15.4. The molecule has 0 aliphatic heterocycles. The summed E-state index contributed by atoms with van der Waals surface area (Å²) in [7, 11) is 8.04. The highest BCUT2D eigenvalue weighted by Crippen LogP contribution is 2.25. The van der Waals surface area contributed by atoms with E-state index < -0.39 is 0 Å². The minimum absolute atomic E-state index is 0.225. The summed E-state index contributed by atoms with van der Waals surface area (Å²) in [5.41, 5.74) is 6.74. The molecule has 112 valence electrons. The fourth-order valence-electron chi connectivity index (χ4n) is 2.27. The van der Waals surface area contributed by atoms with Crippen molar-refractivity contribution in [3.8, 4) is 0 Å². The number of hydroxylamine groups is 1. The minimum atomic E-state index is -0.225. The molecule has 4 nitrogen and oxygen atoms in total. The average molecular weight is 285 g/mol. The Hall–Kier alpha value is -2.04. The van der Waals surface area contributed by atoms with Crippen LogP contribution in [0.1, 0.15) is 17.2 Å². The van der Waals surface area contributed by atoms with Crippen LogP contribution in [0.3, 0.4) is 0 Å². The summed E-state index contributed by atoms with van der Waals surface area (Å²) >= 11 is 0. The van der Waals surface area contributed by atoms with Gasteiger partial charge in [0.1, 0.15) is 0 Å². The monoisotopic (exact) mass is 285 g/mol. The van der Waals surface area contributed by atoms with E-state index in [1.165, 1.54) is 0 Å². The molecule has 0 fully saturated rings. The van der Waals surface area contributed by atoms with Gasteiger partial charge in [0.05, 0.1) is 6.04 Å². The maximum absolute atomic E-state index is 9.52. The van der Waals surface area contributed by atoms with Gasteiger partial charge in [-0.3, -0.25) is 0 Å². The van der Waals surface area contributed by atoms with Crippen LogP contribution in [0.15, 0.2) is 48.5 Å². The molecule has 0 saturated carbocycles. The lowest BCUT2D eigenvalue weighted by atomic mass is 9.99. The number of anilines is 2. The second-order valence-electron chi connectivity index (χ2n) is 5.53. The number of nitrogens with one attached hydrogen (secondary N) is 1. The van der Waals surface area contributed by atoms with E-state index in [9.17, 15) is 5.21 Å². The number of hydrogen-bond acceptors (Lipinski definition) is 4. The van der Waals surface area contributed by atoms with Gasteiger partial charge in [0, 0.05) is 39.6 Å². The number of hydrogen-bond donors (Lipinski definition) is 2. The third kappa shape index (κ3) is 3.54. The van der Waals surface area contributed by atoms with Gasteiger partial charge in [0.15, 0.2) is 0 Å². The topological polar surface area (TPSA) is 38.7 Å². The van der Waals surface area contributed by atoms with Crippen molar-refractivity contribution in [2.75, 3.05) is 38.0 Å². The van der Waals surface area contributed by atoms with Crippen LogP contribution in [0.5, 0.6) is 0 Å². The molecule has 2 aromatic carbocycles. The predicted octanol–water partition coefficient (Wildman–Crippen LogP) is 2.89. The standard InChI is InChI=1S/C17H23N3O/c1-19(2)15-9-5-13(6-10-15)17(18-21)14-7-11-16(12-8-14)20(3)4/h5-12,17-18,21H,1-4H3. The van der Waals surface area contributed by atoms with E-state index in [-0.39, 0.29) is 6.04 Å². The predicted molar refractivity (Wildman–Crippen MR) is 88.3 cm³/mol. The van der Waals surface area contributed by atoms with Crippen LogP contribution >= 0.6 is 0 Å². The number of nitrogens with zero attached hydrogens (tertiary/aromatic N) is 2. The molecule has 0 aliphatic rings. The minimum Gasteiger partial charge on any atom is -0.378 e. The molecular weight excluding hydrogens is 262 g/mol. The second kappa shape index (κ2) is 6.61. The zero-order valence-electron chi connectivity index (χ0n) is 13.0. The lowest BCUT2D eigenvalue weighted by Gasteiger charge is -2.19. The van der Waals surface area contributed by atoms with E-state index in [0.29, 0.717) is 0 Å². The molecule has 0 spiro atoms. The number of benzene rings is 2. The van der Waals surface area contributed by atoms with E-state index in [4.69, 9.17) is 0 Å². The molecule has 21 heavy (non-hydrogen) atoms. The third-order valence-corrected chi connectivity index (χ3v) is 3.61. The largest absolute Gasteiger partial charge is 0.378 e. The van der Waals surface area contributed by atoms with E-state index >= 15 is 0 Å². The molecular formula is C17H23N3O. The van der Waals surface area contributed by atoms with Crippen LogP contribution in [0.4, 0.5) is 11.4 Å². The first-order chi connectivity index (χ1) is 10.0. The summed E-state index contributed by atoms with van der Waals surface area (Å²) in [5.74, 6) is 0. The highest BCUT2D eigenvalue weighted by atomic mass is 16.5. The van der Waals surface area contributed by atoms with Crippen LogP contribution in [0, 0.1) is 0 Å². The van der Waals surface area contributed by atoms with Gasteiger partial charge < -0.3 is 15.0 Å². The first-order valence-electron chi connectivity index (χ1n) is 6.97. The molecule has 0 amide bonds. The van der Waals surface area contributed by atoms with Crippen LogP contribution in [0.2, 0.25) is 0 Å². The lowest BCUT2D eigenvalue weighted by Crippen LogP contribution is -2.19. The van der Waals surface area contributed by atoms with Crippen molar-refractivity contribution in [1.29, 1.82) is 0 Å². The Labute approximate surface area is 126 Å². The maximum atomic E-state index is 9.52. The Balaban J connectivity index is 2.26. The van der Waals surface area contributed by atoms with Crippen molar-refractivity contribution in [2.45, 2.75) is 6.04 Å². The smallest absolute Gasteiger partial charge is 0.0819 e. The summed E-state index contributed by atoms with van der Waals surface area (Å²) in [5, 5.41) is 9.52. The molecule has 0 heterocycles. The van der Waals surface area contributed by atoms with Gasteiger partial charge >= 0.3 is 0 Å². The van der Waals surface area contributed by atoms with E-state index in [1.54, 1.807) is 0 Å². The van der Waals surface area contributed by atoms with Gasteiger partial charge in [-0.25, -0.2) is 0 Å². The normalized spacial score (nSPS) is 10.8. The number of rotatable bonds is 5. The molecule has 4 heteroatoms. The second-order valence-corrected chi connectivity index (χ2v) is 5.53. The van der Waals surface area contributed by atoms with Crippen LogP contribution in [-0.2, 0) is 0 Å². The lowest BCUT2D eigenvalue weighted by molar-refractivity contribution is 0.141.